The molecule has 1 unspecified atom stereocenters. The summed E-state index contributed by atoms with van der Waals surface area (Å²) in [6.45, 7) is 9.39. The minimum atomic E-state index is -0.729. The number of methoxy groups -OCH3 is 1. The zero-order valence-electron chi connectivity index (χ0n) is 12.7. The Morgan fingerprint density at radius 3 is 2.70 bits per heavy atom. The highest BCUT2D eigenvalue weighted by molar-refractivity contribution is 5.69. The highest BCUT2D eigenvalue weighted by Gasteiger charge is 2.17. The predicted molar refractivity (Wildman–Crippen MR) is 77.0 cm³/mol. The molecule has 0 saturated carbocycles. The average Bonchev–Trinajstić information content (AvgIpc) is 2.45. The van der Waals surface area contributed by atoms with Crippen LogP contribution in [0.15, 0.2) is 0 Å². The molecule has 0 bridgehead atoms. The second-order valence-corrected chi connectivity index (χ2v) is 5.34. The van der Waals surface area contributed by atoms with E-state index < -0.39 is 5.97 Å². The fraction of sp³-hybridized carbons (Fsp3) is 0.929. The van der Waals surface area contributed by atoms with Crippen LogP contribution in [0.2, 0.25) is 0 Å². The third-order valence-corrected chi connectivity index (χ3v) is 3.61. The number of rotatable bonds is 10. The van der Waals surface area contributed by atoms with E-state index in [1.54, 1.807) is 14.0 Å². The number of ether oxygens (including phenoxy) is 2. The predicted octanol–water partition coefficient (Wildman–Crippen LogP) is 0.378. The summed E-state index contributed by atoms with van der Waals surface area (Å²) < 4.78 is 10.4. The van der Waals surface area contributed by atoms with Crippen LogP contribution in [0.25, 0.3) is 0 Å². The number of hydrogen-bond acceptors (Lipinski definition) is 5. The molecule has 0 aromatic rings. The van der Waals surface area contributed by atoms with Gasteiger partial charge in [0.2, 0.25) is 0 Å². The first-order valence-electron chi connectivity index (χ1n) is 7.37. The Labute approximate surface area is 121 Å². The maximum atomic E-state index is 11.0. The molecule has 6 nitrogen and oxygen atoms in total. The summed E-state index contributed by atoms with van der Waals surface area (Å²) in [5.74, 6) is -1.06. The third-order valence-electron chi connectivity index (χ3n) is 3.61. The quantitative estimate of drug-likeness (QED) is 0.586. The fourth-order valence-electron chi connectivity index (χ4n) is 2.30. The van der Waals surface area contributed by atoms with E-state index in [2.05, 4.69) is 9.80 Å². The van der Waals surface area contributed by atoms with E-state index in [4.69, 9.17) is 14.6 Å². The molecule has 6 heteroatoms. The van der Waals surface area contributed by atoms with E-state index in [0.717, 1.165) is 59.0 Å². The smallest absolute Gasteiger partial charge is 0.307 e. The van der Waals surface area contributed by atoms with Crippen molar-refractivity contribution in [1.29, 1.82) is 0 Å². The molecule has 0 aromatic heterocycles. The van der Waals surface area contributed by atoms with Crippen LogP contribution in [-0.2, 0) is 14.3 Å². The van der Waals surface area contributed by atoms with E-state index in [1.807, 2.05) is 0 Å². The zero-order valence-corrected chi connectivity index (χ0v) is 12.7. The third kappa shape index (κ3) is 7.19. The van der Waals surface area contributed by atoms with Gasteiger partial charge >= 0.3 is 5.97 Å². The molecule has 20 heavy (non-hydrogen) atoms. The monoisotopic (exact) mass is 288 g/mol. The molecule has 0 spiro atoms. The molecule has 1 heterocycles. The number of carboxylic acids is 1. The lowest BCUT2D eigenvalue weighted by molar-refractivity contribution is -0.141. The van der Waals surface area contributed by atoms with E-state index in [1.165, 1.54) is 0 Å². The molecule has 118 valence electrons. The molecule has 1 atom stereocenters. The van der Waals surface area contributed by atoms with Crippen molar-refractivity contribution in [2.24, 2.45) is 5.92 Å². The summed E-state index contributed by atoms with van der Waals surface area (Å²) >= 11 is 0. The summed E-state index contributed by atoms with van der Waals surface area (Å²) in [5, 5.41) is 9.04. The van der Waals surface area contributed by atoms with Crippen LogP contribution in [0.1, 0.15) is 13.3 Å². The Kier molecular flexibility index (Phi) is 8.77. The Morgan fingerprint density at radius 1 is 1.40 bits per heavy atom. The lowest BCUT2D eigenvalue weighted by Crippen LogP contribution is -2.43. The van der Waals surface area contributed by atoms with Gasteiger partial charge in [-0.25, -0.2) is 0 Å². The van der Waals surface area contributed by atoms with Crippen LogP contribution in [0.4, 0.5) is 0 Å². The first-order chi connectivity index (χ1) is 9.63. The van der Waals surface area contributed by atoms with Crippen molar-refractivity contribution in [3.05, 3.63) is 0 Å². The minimum Gasteiger partial charge on any atom is -0.481 e. The van der Waals surface area contributed by atoms with Crippen molar-refractivity contribution >= 4 is 5.97 Å². The summed E-state index contributed by atoms with van der Waals surface area (Å²) in [5.41, 5.74) is 0. The van der Waals surface area contributed by atoms with Gasteiger partial charge in [0.15, 0.2) is 0 Å². The van der Waals surface area contributed by atoms with Crippen LogP contribution in [0, 0.1) is 5.92 Å². The molecule has 1 aliphatic rings. The van der Waals surface area contributed by atoms with Gasteiger partial charge in [0.1, 0.15) is 0 Å². The zero-order chi connectivity index (χ0) is 14.8. The van der Waals surface area contributed by atoms with Crippen molar-refractivity contribution in [2.45, 2.75) is 13.3 Å². The Hall–Kier alpha value is -0.690. The van der Waals surface area contributed by atoms with Crippen LogP contribution in [0.5, 0.6) is 0 Å². The normalized spacial score (nSPS) is 18.4. The number of carboxylic acid groups (broad SMARTS) is 1. The summed E-state index contributed by atoms with van der Waals surface area (Å²) in [6, 6.07) is 0. The Morgan fingerprint density at radius 2 is 2.10 bits per heavy atom. The second kappa shape index (κ2) is 10.1. The number of aliphatic carboxylic acids is 1. The molecule has 0 radical (unpaired) electrons. The molecular formula is C14H28N2O4. The number of nitrogens with zero attached hydrogens (tertiary/aromatic N) is 2. The molecule has 1 saturated heterocycles. The van der Waals surface area contributed by atoms with Gasteiger partial charge in [-0.05, 0) is 6.42 Å². The largest absolute Gasteiger partial charge is 0.481 e. The first-order valence-corrected chi connectivity index (χ1v) is 7.37. The van der Waals surface area contributed by atoms with Crippen LogP contribution in [0.3, 0.4) is 0 Å². The minimum absolute atomic E-state index is 0.331. The van der Waals surface area contributed by atoms with E-state index in [0.29, 0.717) is 6.54 Å². The van der Waals surface area contributed by atoms with Crippen molar-refractivity contribution < 1.29 is 19.4 Å². The second-order valence-electron chi connectivity index (χ2n) is 5.34. The molecule has 1 N–H and O–H groups in total. The summed E-state index contributed by atoms with van der Waals surface area (Å²) in [6.07, 6.45) is 0.936. The Balaban J connectivity index is 2.33. The standard InChI is InChI=1S/C14H28N2O4/c1-13(14(17)18)12-16(4-3-9-19-2)6-5-15-7-10-20-11-8-15/h13H,3-12H2,1-2H3,(H,17,18). The lowest BCUT2D eigenvalue weighted by atomic mass is 10.1. The summed E-state index contributed by atoms with van der Waals surface area (Å²) in [7, 11) is 1.69. The van der Waals surface area contributed by atoms with Crippen molar-refractivity contribution in [1.82, 2.24) is 9.80 Å². The first kappa shape index (κ1) is 17.4. The van der Waals surface area contributed by atoms with Gasteiger partial charge < -0.3 is 19.5 Å². The van der Waals surface area contributed by atoms with Gasteiger partial charge in [-0.1, -0.05) is 6.92 Å². The molecule has 0 aromatic carbocycles. The molecule has 1 aliphatic heterocycles. The number of hydrogen-bond donors (Lipinski definition) is 1. The maximum Gasteiger partial charge on any atom is 0.307 e. The van der Waals surface area contributed by atoms with Crippen LogP contribution in [-0.4, -0.2) is 87.1 Å². The van der Waals surface area contributed by atoms with Gasteiger partial charge in [0.25, 0.3) is 0 Å². The van der Waals surface area contributed by atoms with E-state index >= 15 is 0 Å². The molecule has 1 fully saturated rings. The SMILES string of the molecule is COCCCN(CCN1CCOCC1)CC(C)C(=O)O. The van der Waals surface area contributed by atoms with E-state index in [9.17, 15) is 4.79 Å². The van der Waals surface area contributed by atoms with Gasteiger partial charge in [-0.15, -0.1) is 0 Å². The van der Waals surface area contributed by atoms with Crippen molar-refractivity contribution in [3.63, 3.8) is 0 Å². The molecule has 1 rings (SSSR count). The van der Waals surface area contributed by atoms with Crippen LogP contribution < -0.4 is 0 Å². The van der Waals surface area contributed by atoms with Crippen molar-refractivity contribution in [3.8, 4) is 0 Å². The average molecular weight is 288 g/mol. The Bertz CT molecular complexity index is 270. The van der Waals surface area contributed by atoms with E-state index in [-0.39, 0.29) is 5.92 Å². The highest BCUT2D eigenvalue weighted by atomic mass is 16.5. The van der Waals surface area contributed by atoms with Gasteiger partial charge in [0.05, 0.1) is 19.1 Å². The lowest BCUT2D eigenvalue weighted by Gasteiger charge is -2.30. The molecule has 0 aliphatic carbocycles. The van der Waals surface area contributed by atoms with Crippen molar-refractivity contribution in [2.75, 3.05) is 66.2 Å². The van der Waals surface area contributed by atoms with Gasteiger partial charge in [-0.3, -0.25) is 9.69 Å². The fourth-order valence-corrected chi connectivity index (χ4v) is 2.30. The number of morpholine rings is 1. The highest BCUT2D eigenvalue weighted by Crippen LogP contribution is 2.04. The van der Waals surface area contributed by atoms with Crippen LogP contribution >= 0.6 is 0 Å². The van der Waals surface area contributed by atoms with Gasteiger partial charge in [-0.2, -0.15) is 0 Å². The summed E-state index contributed by atoms with van der Waals surface area (Å²) in [4.78, 5) is 15.6. The van der Waals surface area contributed by atoms with Gasteiger partial charge in [0, 0.05) is 53.0 Å². The maximum absolute atomic E-state index is 11.0. The topological polar surface area (TPSA) is 62.2 Å². The number of carbonyl (C=O) groups is 1. The molecular weight excluding hydrogens is 260 g/mol. The molecule has 0 amide bonds.